The van der Waals surface area contributed by atoms with Crippen molar-refractivity contribution in [2.75, 3.05) is 18.8 Å². The third-order valence-electron chi connectivity index (χ3n) is 4.91. The van der Waals surface area contributed by atoms with Crippen LogP contribution >= 0.6 is 12.4 Å². The smallest absolute Gasteiger partial charge is 0.223 e. The van der Waals surface area contributed by atoms with E-state index in [1.807, 2.05) is 0 Å². The van der Waals surface area contributed by atoms with Crippen molar-refractivity contribution in [3.63, 3.8) is 0 Å². The number of carbonyl (C=O) groups is 1. The van der Waals surface area contributed by atoms with Crippen LogP contribution in [0.1, 0.15) is 39.0 Å². The number of fused-ring (bicyclic) bond motifs is 2. The Labute approximate surface area is 139 Å². The first kappa shape index (κ1) is 19.7. The van der Waals surface area contributed by atoms with Crippen LogP contribution in [0.3, 0.4) is 0 Å². The third-order valence-corrected chi connectivity index (χ3v) is 6.31. The van der Waals surface area contributed by atoms with Gasteiger partial charge >= 0.3 is 0 Å². The summed E-state index contributed by atoms with van der Waals surface area (Å²) < 4.78 is 25.0. The SMILES string of the molecule is CCS(=O)(=O)NCCNC(=O)C1CC2CCCC(C1)C2N.Cl. The molecule has 1 amide bonds. The van der Waals surface area contributed by atoms with Gasteiger partial charge in [-0.05, 0) is 44.4 Å². The fourth-order valence-corrected chi connectivity index (χ4v) is 4.26. The van der Waals surface area contributed by atoms with Gasteiger partial charge in [-0.15, -0.1) is 12.4 Å². The van der Waals surface area contributed by atoms with Gasteiger partial charge in [0.15, 0.2) is 0 Å². The minimum absolute atomic E-state index is 0. The molecule has 130 valence electrons. The number of amides is 1. The Bertz CT molecular complexity index is 458. The van der Waals surface area contributed by atoms with E-state index < -0.39 is 10.0 Å². The molecule has 0 saturated heterocycles. The van der Waals surface area contributed by atoms with Gasteiger partial charge < -0.3 is 11.1 Å². The first-order chi connectivity index (χ1) is 9.93. The normalized spacial score (nSPS) is 31.2. The van der Waals surface area contributed by atoms with E-state index in [1.165, 1.54) is 6.42 Å². The Hall–Kier alpha value is -0.370. The second-order valence-electron chi connectivity index (χ2n) is 6.29. The minimum Gasteiger partial charge on any atom is -0.355 e. The summed E-state index contributed by atoms with van der Waals surface area (Å²) in [6.07, 6.45) is 5.26. The van der Waals surface area contributed by atoms with Crippen molar-refractivity contribution in [2.24, 2.45) is 23.5 Å². The van der Waals surface area contributed by atoms with E-state index in [0.29, 0.717) is 18.4 Å². The van der Waals surface area contributed by atoms with Gasteiger partial charge in [0, 0.05) is 25.0 Å². The topological polar surface area (TPSA) is 101 Å². The van der Waals surface area contributed by atoms with Crippen LogP contribution in [0.4, 0.5) is 0 Å². The molecule has 2 unspecified atom stereocenters. The van der Waals surface area contributed by atoms with Crippen LogP contribution in [0, 0.1) is 17.8 Å². The van der Waals surface area contributed by atoms with Gasteiger partial charge in [-0.25, -0.2) is 13.1 Å². The van der Waals surface area contributed by atoms with Gasteiger partial charge in [-0.2, -0.15) is 0 Å². The maximum absolute atomic E-state index is 12.2. The van der Waals surface area contributed by atoms with Crippen LogP contribution in [0.15, 0.2) is 0 Å². The van der Waals surface area contributed by atoms with Crippen LogP contribution in [0.5, 0.6) is 0 Å². The number of hydrogen-bond acceptors (Lipinski definition) is 4. The number of carbonyl (C=O) groups excluding carboxylic acids is 1. The molecule has 0 aromatic rings. The van der Waals surface area contributed by atoms with Gasteiger partial charge in [0.05, 0.1) is 5.75 Å². The van der Waals surface area contributed by atoms with Crippen LogP contribution in [0.2, 0.25) is 0 Å². The number of nitrogens with two attached hydrogens (primary N) is 1. The van der Waals surface area contributed by atoms with Crippen LogP contribution < -0.4 is 15.8 Å². The molecule has 0 aromatic heterocycles. The molecule has 8 heteroatoms. The lowest BCUT2D eigenvalue weighted by Gasteiger charge is -2.43. The summed E-state index contributed by atoms with van der Waals surface area (Å²) in [7, 11) is -3.18. The zero-order valence-corrected chi connectivity index (χ0v) is 14.7. The quantitative estimate of drug-likeness (QED) is 0.609. The van der Waals surface area contributed by atoms with Crippen LogP contribution in [-0.2, 0) is 14.8 Å². The molecular formula is C14H28ClN3O3S. The van der Waals surface area contributed by atoms with Crippen molar-refractivity contribution in [1.29, 1.82) is 0 Å². The largest absolute Gasteiger partial charge is 0.355 e. The molecule has 2 aliphatic carbocycles. The van der Waals surface area contributed by atoms with Crippen molar-refractivity contribution < 1.29 is 13.2 Å². The predicted octanol–water partition coefficient (Wildman–Crippen LogP) is 0.617. The summed E-state index contributed by atoms with van der Waals surface area (Å²) in [5, 5.41) is 2.85. The molecule has 2 atom stereocenters. The fourth-order valence-electron chi connectivity index (χ4n) is 3.64. The van der Waals surface area contributed by atoms with Crippen molar-refractivity contribution >= 4 is 28.3 Å². The Kier molecular flexibility index (Phi) is 7.58. The van der Waals surface area contributed by atoms with E-state index >= 15 is 0 Å². The second kappa shape index (κ2) is 8.47. The molecule has 0 heterocycles. The lowest BCUT2D eigenvalue weighted by atomic mass is 9.65. The highest BCUT2D eigenvalue weighted by molar-refractivity contribution is 7.89. The first-order valence-corrected chi connectivity index (χ1v) is 9.58. The van der Waals surface area contributed by atoms with E-state index in [9.17, 15) is 13.2 Å². The Morgan fingerprint density at radius 1 is 1.18 bits per heavy atom. The summed E-state index contributed by atoms with van der Waals surface area (Å²) in [5.74, 6) is 1.11. The van der Waals surface area contributed by atoms with Gasteiger partial charge in [0.1, 0.15) is 0 Å². The van der Waals surface area contributed by atoms with Crippen molar-refractivity contribution in [3.8, 4) is 0 Å². The molecule has 0 radical (unpaired) electrons. The van der Waals surface area contributed by atoms with Gasteiger partial charge in [-0.3, -0.25) is 4.79 Å². The molecule has 2 bridgehead atoms. The molecule has 4 N–H and O–H groups in total. The number of nitrogens with one attached hydrogen (secondary N) is 2. The molecule has 0 aliphatic heterocycles. The molecule has 0 spiro atoms. The van der Waals surface area contributed by atoms with E-state index in [0.717, 1.165) is 25.7 Å². The second-order valence-corrected chi connectivity index (χ2v) is 8.38. The summed E-state index contributed by atoms with van der Waals surface area (Å²) >= 11 is 0. The van der Waals surface area contributed by atoms with Gasteiger partial charge in [-0.1, -0.05) is 6.42 Å². The summed E-state index contributed by atoms with van der Waals surface area (Å²) in [5.41, 5.74) is 6.22. The van der Waals surface area contributed by atoms with Crippen molar-refractivity contribution in [3.05, 3.63) is 0 Å². The number of rotatable bonds is 6. The van der Waals surface area contributed by atoms with Crippen LogP contribution in [0.25, 0.3) is 0 Å². The van der Waals surface area contributed by atoms with Crippen LogP contribution in [-0.4, -0.2) is 39.2 Å². The predicted molar refractivity (Wildman–Crippen MR) is 89.3 cm³/mol. The average Bonchev–Trinajstić information content (AvgIpc) is 2.43. The molecule has 2 saturated carbocycles. The standard InChI is InChI=1S/C14H27N3O3S.ClH/c1-2-21(19,20)17-7-6-16-14(18)12-8-10-4-3-5-11(9-12)13(10)15;/h10-13,17H,2-9,15H2,1H3,(H,16,18);1H. The van der Waals surface area contributed by atoms with Gasteiger partial charge in [0.2, 0.25) is 15.9 Å². The number of hydrogen-bond donors (Lipinski definition) is 3. The molecule has 22 heavy (non-hydrogen) atoms. The Morgan fingerprint density at radius 2 is 1.77 bits per heavy atom. The maximum atomic E-state index is 12.2. The fraction of sp³-hybridized carbons (Fsp3) is 0.929. The summed E-state index contributed by atoms with van der Waals surface area (Å²) in [6, 6.07) is 0.263. The van der Waals surface area contributed by atoms with Crippen molar-refractivity contribution in [1.82, 2.24) is 10.0 Å². The summed E-state index contributed by atoms with van der Waals surface area (Å²) in [6.45, 7) is 2.18. The van der Waals surface area contributed by atoms with E-state index in [4.69, 9.17) is 5.73 Å². The number of sulfonamides is 1. The summed E-state index contributed by atoms with van der Waals surface area (Å²) in [4.78, 5) is 12.2. The first-order valence-electron chi connectivity index (χ1n) is 7.93. The lowest BCUT2D eigenvalue weighted by Crippen LogP contribution is -2.49. The van der Waals surface area contributed by atoms with E-state index in [2.05, 4.69) is 10.0 Å². The minimum atomic E-state index is -3.18. The highest BCUT2D eigenvalue weighted by atomic mass is 35.5. The zero-order valence-electron chi connectivity index (χ0n) is 13.1. The molecule has 2 fully saturated rings. The van der Waals surface area contributed by atoms with Crippen molar-refractivity contribution in [2.45, 2.75) is 45.1 Å². The van der Waals surface area contributed by atoms with Gasteiger partial charge in [0.25, 0.3) is 0 Å². The highest BCUT2D eigenvalue weighted by Crippen LogP contribution is 2.41. The Morgan fingerprint density at radius 3 is 2.32 bits per heavy atom. The lowest BCUT2D eigenvalue weighted by molar-refractivity contribution is -0.127. The average molecular weight is 354 g/mol. The molecule has 6 nitrogen and oxygen atoms in total. The number of halogens is 1. The maximum Gasteiger partial charge on any atom is 0.223 e. The van der Waals surface area contributed by atoms with E-state index in [1.54, 1.807) is 6.92 Å². The monoisotopic (exact) mass is 353 g/mol. The highest BCUT2D eigenvalue weighted by Gasteiger charge is 2.40. The third kappa shape index (κ3) is 5.08. The molecule has 2 aliphatic rings. The van der Waals surface area contributed by atoms with E-state index in [-0.39, 0.29) is 42.6 Å². The molecular weight excluding hydrogens is 326 g/mol. The Balaban J connectivity index is 0.00000242. The molecule has 0 aromatic carbocycles. The zero-order chi connectivity index (χ0) is 15.5. The molecule has 2 rings (SSSR count).